The fraction of sp³-hybridized carbons (Fsp3) is 0.308. The van der Waals surface area contributed by atoms with Crippen molar-refractivity contribution in [2.24, 2.45) is 0 Å². The molecule has 100 valence electrons. The van der Waals surface area contributed by atoms with Gasteiger partial charge in [-0.1, -0.05) is 17.8 Å². The van der Waals surface area contributed by atoms with Crippen LogP contribution in [-0.2, 0) is 4.79 Å². The molecule has 0 aliphatic rings. The highest BCUT2D eigenvalue weighted by molar-refractivity contribution is 7.99. The molecule has 19 heavy (non-hydrogen) atoms. The molecule has 0 atom stereocenters. The summed E-state index contributed by atoms with van der Waals surface area (Å²) in [4.78, 5) is 10.7. The first-order valence-corrected chi connectivity index (χ1v) is 6.81. The molecule has 0 amide bonds. The topological polar surface area (TPSA) is 68.0 Å². The van der Waals surface area contributed by atoms with Crippen LogP contribution in [-0.4, -0.2) is 31.6 Å². The zero-order valence-electron chi connectivity index (χ0n) is 11.0. The van der Waals surface area contributed by atoms with Gasteiger partial charge in [0, 0.05) is 5.69 Å². The summed E-state index contributed by atoms with van der Waals surface area (Å²) in [5, 5.41) is 17.4. The van der Waals surface area contributed by atoms with E-state index in [2.05, 4.69) is 16.3 Å². The number of hydrogen-bond donors (Lipinski definition) is 1. The van der Waals surface area contributed by atoms with Gasteiger partial charge in [0.2, 0.25) is 0 Å². The van der Waals surface area contributed by atoms with Crippen molar-refractivity contribution < 1.29 is 9.90 Å². The third-order valence-corrected chi connectivity index (χ3v) is 3.50. The van der Waals surface area contributed by atoms with E-state index in [4.69, 9.17) is 5.11 Å². The second kappa shape index (κ2) is 5.44. The van der Waals surface area contributed by atoms with Crippen molar-refractivity contribution in [1.29, 1.82) is 0 Å². The van der Waals surface area contributed by atoms with E-state index in [0.717, 1.165) is 22.6 Å². The Balaban J connectivity index is 2.43. The first-order valence-electron chi connectivity index (χ1n) is 5.82. The van der Waals surface area contributed by atoms with E-state index >= 15 is 0 Å². The SMILES string of the molecule is Cc1cc(C)cc(-n2c(C)nnc2SCC(=O)O)c1. The number of carboxylic acid groups (broad SMARTS) is 1. The van der Waals surface area contributed by atoms with E-state index in [1.807, 2.05) is 37.5 Å². The number of aromatic nitrogens is 3. The summed E-state index contributed by atoms with van der Waals surface area (Å²) in [6.45, 7) is 5.91. The molecule has 0 radical (unpaired) electrons. The van der Waals surface area contributed by atoms with Crippen LogP contribution in [0, 0.1) is 20.8 Å². The third kappa shape index (κ3) is 3.14. The Morgan fingerprint density at radius 1 is 1.21 bits per heavy atom. The number of benzene rings is 1. The number of carbonyl (C=O) groups is 1. The highest BCUT2D eigenvalue weighted by atomic mass is 32.2. The zero-order chi connectivity index (χ0) is 14.0. The van der Waals surface area contributed by atoms with E-state index in [1.54, 1.807) is 0 Å². The lowest BCUT2D eigenvalue weighted by atomic mass is 10.1. The molecule has 5 nitrogen and oxygen atoms in total. The molecule has 0 fully saturated rings. The smallest absolute Gasteiger partial charge is 0.313 e. The van der Waals surface area contributed by atoms with Crippen molar-refractivity contribution in [3.63, 3.8) is 0 Å². The zero-order valence-corrected chi connectivity index (χ0v) is 11.9. The summed E-state index contributed by atoms with van der Waals surface area (Å²) >= 11 is 1.17. The summed E-state index contributed by atoms with van der Waals surface area (Å²) in [5.74, 6) is -0.140. The minimum Gasteiger partial charge on any atom is -0.481 e. The fourth-order valence-corrected chi connectivity index (χ4v) is 2.66. The summed E-state index contributed by atoms with van der Waals surface area (Å²) in [5.41, 5.74) is 3.27. The maximum absolute atomic E-state index is 10.7. The maximum Gasteiger partial charge on any atom is 0.313 e. The van der Waals surface area contributed by atoms with Crippen LogP contribution in [0.15, 0.2) is 23.4 Å². The summed E-state index contributed by atoms with van der Waals surface area (Å²) in [6, 6.07) is 6.16. The number of nitrogens with zero attached hydrogens (tertiary/aromatic N) is 3. The van der Waals surface area contributed by atoms with E-state index in [-0.39, 0.29) is 5.75 Å². The molecule has 2 rings (SSSR count). The van der Waals surface area contributed by atoms with Crippen molar-refractivity contribution in [1.82, 2.24) is 14.8 Å². The van der Waals surface area contributed by atoms with E-state index in [0.29, 0.717) is 5.16 Å². The summed E-state index contributed by atoms with van der Waals surface area (Å²) in [6.07, 6.45) is 0. The lowest BCUT2D eigenvalue weighted by Gasteiger charge is -2.09. The quantitative estimate of drug-likeness (QED) is 0.869. The maximum atomic E-state index is 10.7. The predicted molar refractivity (Wildman–Crippen MR) is 73.9 cm³/mol. The molecule has 1 aromatic carbocycles. The van der Waals surface area contributed by atoms with Crippen LogP contribution in [0.3, 0.4) is 0 Å². The van der Waals surface area contributed by atoms with Crippen molar-refractivity contribution in [2.75, 3.05) is 5.75 Å². The second-order valence-corrected chi connectivity index (χ2v) is 5.34. The van der Waals surface area contributed by atoms with Gasteiger partial charge in [0.1, 0.15) is 5.82 Å². The standard InChI is InChI=1S/C13H15N3O2S/c1-8-4-9(2)6-11(5-8)16-10(3)14-15-13(16)19-7-12(17)18/h4-6H,7H2,1-3H3,(H,17,18). The van der Waals surface area contributed by atoms with Crippen LogP contribution < -0.4 is 0 Å². The lowest BCUT2D eigenvalue weighted by molar-refractivity contribution is -0.133. The third-order valence-electron chi connectivity index (χ3n) is 2.58. The van der Waals surface area contributed by atoms with Gasteiger partial charge in [-0.2, -0.15) is 0 Å². The average molecular weight is 277 g/mol. The number of aryl methyl sites for hydroxylation is 3. The van der Waals surface area contributed by atoms with E-state index in [1.165, 1.54) is 11.8 Å². The molecule has 0 unspecified atom stereocenters. The minimum atomic E-state index is -0.863. The van der Waals surface area contributed by atoms with Crippen molar-refractivity contribution in [3.8, 4) is 5.69 Å². The molecular weight excluding hydrogens is 262 g/mol. The number of thioether (sulfide) groups is 1. The van der Waals surface area contributed by atoms with Crippen LogP contribution in [0.5, 0.6) is 0 Å². The van der Waals surface area contributed by atoms with Gasteiger partial charge in [-0.15, -0.1) is 10.2 Å². The predicted octanol–water partition coefficient (Wildman–Crippen LogP) is 2.37. The van der Waals surface area contributed by atoms with Gasteiger partial charge >= 0.3 is 5.97 Å². The van der Waals surface area contributed by atoms with Crippen LogP contribution in [0.2, 0.25) is 0 Å². The lowest BCUT2D eigenvalue weighted by Crippen LogP contribution is -2.03. The molecule has 0 spiro atoms. The molecule has 0 bridgehead atoms. The first kappa shape index (κ1) is 13.6. The van der Waals surface area contributed by atoms with Crippen LogP contribution in [0.4, 0.5) is 0 Å². The monoisotopic (exact) mass is 277 g/mol. The molecule has 1 N–H and O–H groups in total. The van der Waals surface area contributed by atoms with Crippen molar-refractivity contribution in [2.45, 2.75) is 25.9 Å². The summed E-state index contributed by atoms with van der Waals surface area (Å²) < 4.78 is 1.88. The Hall–Kier alpha value is -1.82. The molecule has 0 aliphatic carbocycles. The second-order valence-electron chi connectivity index (χ2n) is 4.39. The molecule has 0 aliphatic heterocycles. The molecule has 0 saturated heterocycles. The number of aliphatic carboxylic acids is 1. The highest BCUT2D eigenvalue weighted by Crippen LogP contribution is 2.23. The van der Waals surface area contributed by atoms with Crippen LogP contribution in [0.1, 0.15) is 17.0 Å². The van der Waals surface area contributed by atoms with Gasteiger partial charge in [0.25, 0.3) is 0 Å². The van der Waals surface area contributed by atoms with E-state index in [9.17, 15) is 4.79 Å². The summed E-state index contributed by atoms with van der Waals surface area (Å²) in [7, 11) is 0. The molecular formula is C13H15N3O2S. The minimum absolute atomic E-state index is 0.0249. The van der Waals surface area contributed by atoms with Gasteiger partial charge in [0.05, 0.1) is 5.75 Å². The van der Waals surface area contributed by atoms with Gasteiger partial charge < -0.3 is 5.11 Å². The number of hydrogen-bond acceptors (Lipinski definition) is 4. The fourth-order valence-electron chi connectivity index (χ4n) is 1.94. The van der Waals surface area contributed by atoms with Crippen LogP contribution >= 0.6 is 11.8 Å². The first-order chi connectivity index (χ1) is 8.97. The van der Waals surface area contributed by atoms with Gasteiger partial charge in [0.15, 0.2) is 5.16 Å². The molecule has 0 saturated carbocycles. The largest absolute Gasteiger partial charge is 0.481 e. The average Bonchev–Trinajstić information content (AvgIpc) is 2.66. The number of rotatable bonds is 4. The van der Waals surface area contributed by atoms with Gasteiger partial charge in [-0.25, -0.2) is 0 Å². The molecule has 1 aromatic heterocycles. The van der Waals surface area contributed by atoms with Crippen molar-refractivity contribution in [3.05, 3.63) is 35.2 Å². The number of carboxylic acids is 1. The molecule has 1 heterocycles. The van der Waals surface area contributed by atoms with Gasteiger partial charge in [-0.05, 0) is 44.0 Å². The van der Waals surface area contributed by atoms with E-state index < -0.39 is 5.97 Å². The Bertz CT molecular complexity index is 602. The molecule has 6 heteroatoms. The Labute approximate surface area is 115 Å². The van der Waals surface area contributed by atoms with Crippen LogP contribution in [0.25, 0.3) is 5.69 Å². The molecule has 2 aromatic rings. The Kier molecular flexibility index (Phi) is 3.90. The van der Waals surface area contributed by atoms with Crippen molar-refractivity contribution >= 4 is 17.7 Å². The highest BCUT2D eigenvalue weighted by Gasteiger charge is 2.13. The Morgan fingerprint density at radius 2 is 1.84 bits per heavy atom. The normalized spacial score (nSPS) is 10.7. The Morgan fingerprint density at radius 3 is 2.42 bits per heavy atom. The van der Waals surface area contributed by atoms with Gasteiger partial charge in [-0.3, -0.25) is 9.36 Å².